The highest BCUT2D eigenvalue weighted by Crippen LogP contribution is 2.13. The van der Waals surface area contributed by atoms with Gasteiger partial charge in [0.1, 0.15) is 0 Å². The first kappa shape index (κ1) is 12.3. The normalized spacial score (nSPS) is 12.8. The molecular weight excluding hydrogens is 232 g/mol. The topological polar surface area (TPSA) is 34.1 Å². The van der Waals surface area contributed by atoms with Gasteiger partial charge in [0.15, 0.2) is 9.84 Å². The molecule has 82 valence electrons. The zero-order chi connectivity index (χ0) is 11.3. The van der Waals surface area contributed by atoms with Gasteiger partial charge in [0.2, 0.25) is 0 Å². The molecule has 0 saturated heterocycles. The highest BCUT2D eigenvalue weighted by Gasteiger charge is 2.13. The summed E-state index contributed by atoms with van der Waals surface area (Å²) in [5, 5.41) is 0. The number of allylic oxidation sites excluding steroid dienone is 1. The largest absolute Gasteiger partial charge is 0.223 e. The smallest absolute Gasteiger partial charge is 0.182 e. The highest BCUT2D eigenvalue weighted by molar-refractivity contribution is 7.91. The summed E-state index contributed by atoms with van der Waals surface area (Å²) in [5.41, 5.74) is 0.772. The number of benzene rings is 1. The van der Waals surface area contributed by atoms with E-state index >= 15 is 0 Å². The molecule has 0 aliphatic rings. The summed E-state index contributed by atoms with van der Waals surface area (Å²) >= 11 is 5.50. The number of hydrogen-bond acceptors (Lipinski definition) is 2. The Morgan fingerprint density at radius 3 is 2.47 bits per heavy atom. The van der Waals surface area contributed by atoms with Gasteiger partial charge in [-0.05, 0) is 19.1 Å². The Balaban J connectivity index is 2.91. The van der Waals surface area contributed by atoms with E-state index in [9.17, 15) is 8.42 Å². The maximum absolute atomic E-state index is 11.8. The lowest BCUT2D eigenvalue weighted by Crippen LogP contribution is -2.07. The maximum atomic E-state index is 11.8. The predicted octanol–water partition coefficient (Wildman–Crippen LogP) is 2.65. The molecule has 0 fully saturated rings. The Hall–Kier alpha value is -0.800. The van der Waals surface area contributed by atoms with Crippen molar-refractivity contribution >= 4 is 21.4 Å². The lowest BCUT2D eigenvalue weighted by Gasteiger charge is -2.03. The zero-order valence-electron chi connectivity index (χ0n) is 8.48. The molecule has 0 saturated carbocycles. The van der Waals surface area contributed by atoms with E-state index in [1.165, 1.54) is 0 Å². The van der Waals surface area contributed by atoms with Crippen molar-refractivity contribution < 1.29 is 8.42 Å². The van der Waals surface area contributed by atoms with Crippen LogP contribution >= 0.6 is 11.6 Å². The SMILES string of the molecule is CC(=CCCl)CS(=O)(=O)c1ccccc1. The van der Waals surface area contributed by atoms with Crippen molar-refractivity contribution in [2.75, 3.05) is 11.6 Å². The van der Waals surface area contributed by atoms with Gasteiger partial charge in [0, 0.05) is 5.88 Å². The average Bonchev–Trinajstić information content (AvgIpc) is 2.18. The first-order valence-electron chi connectivity index (χ1n) is 4.55. The monoisotopic (exact) mass is 244 g/mol. The van der Waals surface area contributed by atoms with Crippen molar-refractivity contribution in [2.45, 2.75) is 11.8 Å². The van der Waals surface area contributed by atoms with Crippen LogP contribution in [-0.4, -0.2) is 20.1 Å². The van der Waals surface area contributed by atoms with Gasteiger partial charge < -0.3 is 0 Å². The Labute approximate surface area is 95.5 Å². The third-order valence-corrected chi connectivity index (χ3v) is 3.93. The molecule has 0 radical (unpaired) electrons. The summed E-state index contributed by atoms with van der Waals surface area (Å²) in [6.07, 6.45) is 1.71. The molecule has 15 heavy (non-hydrogen) atoms. The van der Waals surface area contributed by atoms with Crippen molar-refractivity contribution in [1.29, 1.82) is 0 Å². The molecule has 0 bridgehead atoms. The van der Waals surface area contributed by atoms with Gasteiger partial charge in [-0.25, -0.2) is 8.42 Å². The molecule has 1 aromatic carbocycles. The van der Waals surface area contributed by atoms with Gasteiger partial charge in [-0.2, -0.15) is 0 Å². The summed E-state index contributed by atoms with van der Waals surface area (Å²) in [6, 6.07) is 8.42. The number of sulfone groups is 1. The zero-order valence-corrected chi connectivity index (χ0v) is 10.1. The summed E-state index contributed by atoms with van der Waals surface area (Å²) in [7, 11) is -3.21. The maximum Gasteiger partial charge on any atom is 0.182 e. The van der Waals surface area contributed by atoms with E-state index in [0.717, 1.165) is 5.57 Å². The van der Waals surface area contributed by atoms with Crippen LogP contribution in [0.15, 0.2) is 46.9 Å². The van der Waals surface area contributed by atoms with Crippen LogP contribution in [0.3, 0.4) is 0 Å². The van der Waals surface area contributed by atoms with Crippen LogP contribution in [0.5, 0.6) is 0 Å². The summed E-state index contributed by atoms with van der Waals surface area (Å²) in [6.45, 7) is 1.77. The van der Waals surface area contributed by atoms with Gasteiger partial charge in [-0.3, -0.25) is 0 Å². The van der Waals surface area contributed by atoms with E-state index in [4.69, 9.17) is 11.6 Å². The quantitative estimate of drug-likeness (QED) is 0.603. The second-order valence-electron chi connectivity index (χ2n) is 3.28. The minimum atomic E-state index is -3.21. The molecule has 0 amide bonds. The molecule has 0 heterocycles. The van der Waals surface area contributed by atoms with Crippen molar-refractivity contribution in [3.8, 4) is 0 Å². The number of rotatable bonds is 4. The van der Waals surface area contributed by atoms with Crippen LogP contribution in [0.25, 0.3) is 0 Å². The molecule has 0 spiro atoms. The molecule has 1 rings (SSSR count). The number of hydrogen-bond donors (Lipinski definition) is 0. The standard InChI is InChI=1S/C11H13ClO2S/c1-10(7-8-12)9-15(13,14)11-5-3-2-4-6-11/h2-7H,8-9H2,1H3. The summed E-state index contributed by atoms with van der Waals surface area (Å²) in [5.74, 6) is 0.375. The van der Waals surface area contributed by atoms with E-state index < -0.39 is 9.84 Å². The summed E-state index contributed by atoms with van der Waals surface area (Å²) in [4.78, 5) is 0.354. The molecule has 0 atom stereocenters. The fraction of sp³-hybridized carbons (Fsp3) is 0.273. The van der Waals surface area contributed by atoms with Crippen molar-refractivity contribution in [3.05, 3.63) is 42.0 Å². The molecule has 4 heteroatoms. The van der Waals surface area contributed by atoms with Crippen LogP contribution in [0.1, 0.15) is 6.92 Å². The minimum absolute atomic E-state index is 0.0315. The fourth-order valence-electron chi connectivity index (χ4n) is 1.20. The van der Waals surface area contributed by atoms with E-state index in [2.05, 4.69) is 0 Å². The molecule has 2 nitrogen and oxygen atoms in total. The first-order valence-corrected chi connectivity index (χ1v) is 6.74. The van der Waals surface area contributed by atoms with Crippen LogP contribution in [0.2, 0.25) is 0 Å². The van der Waals surface area contributed by atoms with E-state index in [1.807, 2.05) is 0 Å². The van der Waals surface area contributed by atoms with Gasteiger partial charge in [-0.1, -0.05) is 29.8 Å². The lowest BCUT2D eigenvalue weighted by atomic mass is 10.3. The van der Waals surface area contributed by atoms with E-state index in [0.29, 0.717) is 10.8 Å². The van der Waals surface area contributed by atoms with E-state index in [1.54, 1.807) is 43.3 Å². The molecule has 0 aliphatic carbocycles. The van der Waals surface area contributed by atoms with Crippen molar-refractivity contribution in [3.63, 3.8) is 0 Å². The highest BCUT2D eigenvalue weighted by atomic mass is 35.5. The molecular formula is C11H13ClO2S. The second-order valence-corrected chi connectivity index (χ2v) is 5.58. The first-order chi connectivity index (χ1) is 7.06. The molecule has 0 aliphatic heterocycles. The third-order valence-electron chi connectivity index (χ3n) is 1.95. The second kappa shape index (κ2) is 5.33. The minimum Gasteiger partial charge on any atom is -0.223 e. The summed E-state index contributed by atoms with van der Waals surface area (Å²) < 4.78 is 23.7. The van der Waals surface area contributed by atoms with Gasteiger partial charge >= 0.3 is 0 Å². The Morgan fingerprint density at radius 1 is 1.33 bits per heavy atom. The molecule has 0 unspecified atom stereocenters. The van der Waals surface area contributed by atoms with Gasteiger partial charge in [0.25, 0.3) is 0 Å². The fourth-order valence-corrected chi connectivity index (χ4v) is 2.92. The van der Waals surface area contributed by atoms with Gasteiger partial charge in [-0.15, -0.1) is 11.6 Å². The predicted molar refractivity (Wildman–Crippen MR) is 63.0 cm³/mol. The lowest BCUT2D eigenvalue weighted by molar-refractivity contribution is 0.598. The molecule has 0 aromatic heterocycles. The number of alkyl halides is 1. The molecule has 0 N–H and O–H groups in total. The van der Waals surface area contributed by atoms with Crippen LogP contribution in [0, 0.1) is 0 Å². The average molecular weight is 245 g/mol. The van der Waals surface area contributed by atoms with E-state index in [-0.39, 0.29) is 5.75 Å². The Morgan fingerprint density at radius 2 is 1.93 bits per heavy atom. The third kappa shape index (κ3) is 3.68. The van der Waals surface area contributed by atoms with Crippen LogP contribution in [0.4, 0.5) is 0 Å². The Kier molecular flexibility index (Phi) is 4.36. The van der Waals surface area contributed by atoms with Crippen LogP contribution < -0.4 is 0 Å². The molecule has 1 aromatic rings. The van der Waals surface area contributed by atoms with Crippen LogP contribution in [-0.2, 0) is 9.84 Å². The van der Waals surface area contributed by atoms with Crippen molar-refractivity contribution in [2.24, 2.45) is 0 Å². The Bertz CT molecular complexity index is 435. The number of halogens is 1. The van der Waals surface area contributed by atoms with Gasteiger partial charge in [0.05, 0.1) is 10.6 Å². The van der Waals surface area contributed by atoms with Crippen molar-refractivity contribution in [1.82, 2.24) is 0 Å².